The van der Waals surface area contributed by atoms with Crippen LogP contribution in [0.1, 0.15) is 33.6 Å². The first-order valence-electron chi connectivity index (χ1n) is 6.24. The Morgan fingerprint density at radius 1 is 1.39 bits per heavy atom. The lowest BCUT2D eigenvalue weighted by atomic mass is 9.97. The molecule has 2 fully saturated rings. The molecule has 0 atom stereocenters. The molecule has 2 rings (SSSR count). The van der Waals surface area contributed by atoms with Crippen LogP contribution < -0.4 is 0 Å². The summed E-state index contributed by atoms with van der Waals surface area (Å²) in [7, 11) is -3.32. The number of nitrogens with zero attached hydrogens (tertiary/aromatic N) is 1. The number of hydrogen-bond donors (Lipinski definition) is 0. The van der Waals surface area contributed by atoms with E-state index in [2.05, 4.69) is 0 Å². The Morgan fingerprint density at radius 2 is 2.00 bits per heavy atom. The molecule has 18 heavy (non-hydrogen) atoms. The summed E-state index contributed by atoms with van der Waals surface area (Å²) < 4.78 is 23.6. The second-order valence-corrected chi connectivity index (χ2v) is 7.47. The topological polar surface area (TPSA) is 55.8 Å². The molecule has 2 aliphatic heterocycles. The summed E-state index contributed by atoms with van der Waals surface area (Å²) in [4.78, 5) is 13.3. The number of hydrogen-bond acceptors (Lipinski definition) is 4. The Balaban J connectivity index is 2.19. The van der Waals surface area contributed by atoms with E-state index in [4.69, 9.17) is 9.05 Å². The van der Waals surface area contributed by atoms with E-state index in [0.717, 1.165) is 6.42 Å². The lowest BCUT2D eigenvalue weighted by molar-refractivity contribution is -0.125. The number of carbonyl (C=O) groups is 1. The number of rotatable bonds is 2. The summed E-state index contributed by atoms with van der Waals surface area (Å²) >= 11 is 0. The Morgan fingerprint density at radius 3 is 2.44 bits per heavy atom. The maximum atomic E-state index is 12.7. The van der Waals surface area contributed by atoms with Gasteiger partial charge in [0.2, 0.25) is 5.91 Å². The maximum absolute atomic E-state index is 12.7. The van der Waals surface area contributed by atoms with Crippen molar-refractivity contribution < 1.29 is 18.4 Å². The smallest absolute Gasteiger partial charge is 0.306 e. The van der Waals surface area contributed by atoms with Crippen molar-refractivity contribution in [2.24, 2.45) is 5.41 Å². The minimum atomic E-state index is -3.32. The largest absolute Gasteiger partial charge is 0.377 e. The maximum Gasteiger partial charge on any atom is 0.377 e. The molecule has 2 saturated heterocycles. The average molecular weight is 273 g/mol. The number of likely N-dealkylation sites (tertiary alicyclic amines) is 1. The molecule has 0 bridgehead atoms. The lowest BCUT2D eigenvalue weighted by Gasteiger charge is -2.36. The Kier molecular flexibility index (Phi) is 3.67. The van der Waals surface area contributed by atoms with E-state index >= 15 is 0 Å². The second-order valence-electron chi connectivity index (χ2n) is 5.50. The highest BCUT2D eigenvalue weighted by Gasteiger charge is 2.43. The van der Waals surface area contributed by atoms with Crippen molar-refractivity contribution in [1.29, 1.82) is 0 Å². The standard InChI is InChI=1S/C12H20NO4P/c1-4-11(13-7-5-6-10(13)14)18(15)16-8-12(2,3)9-17-18/h4H,5-9H2,1-3H3/b11-4-. The van der Waals surface area contributed by atoms with Crippen LogP contribution in [-0.2, 0) is 18.4 Å². The van der Waals surface area contributed by atoms with Gasteiger partial charge in [0.1, 0.15) is 5.44 Å². The van der Waals surface area contributed by atoms with Crippen LogP contribution in [-0.4, -0.2) is 30.6 Å². The zero-order valence-corrected chi connectivity index (χ0v) is 12.0. The van der Waals surface area contributed by atoms with Crippen LogP contribution in [0.4, 0.5) is 0 Å². The summed E-state index contributed by atoms with van der Waals surface area (Å²) in [6, 6.07) is 0. The van der Waals surface area contributed by atoms with Crippen LogP contribution in [0.25, 0.3) is 0 Å². The van der Waals surface area contributed by atoms with E-state index < -0.39 is 7.60 Å². The van der Waals surface area contributed by atoms with Crippen molar-refractivity contribution in [1.82, 2.24) is 4.90 Å². The van der Waals surface area contributed by atoms with Crippen molar-refractivity contribution in [2.45, 2.75) is 33.6 Å². The third kappa shape index (κ3) is 2.53. The van der Waals surface area contributed by atoms with Gasteiger partial charge < -0.3 is 13.9 Å². The Bertz CT molecular complexity index is 416. The second kappa shape index (κ2) is 4.80. The molecule has 0 aromatic rings. The molecule has 0 spiro atoms. The van der Waals surface area contributed by atoms with Gasteiger partial charge in [-0.05, 0) is 13.3 Å². The van der Waals surface area contributed by atoms with Crippen molar-refractivity contribution >= 4 is 13.5 Å². The first-order valence-corrected chi connectivity index (χ1v) is 7.79. The molecule has 0 radical (unpaired) electrons. The number of amides is 1. The first-order chi connectivity index (χ1) is 8.38. The fraction of sp³-hybridized carbons (Fsp3) is 0.750. The molecule has 2 heterocycles. The monoisotopic (exact) mass is 273 g/mol. The summed E-state index contributed by atoms with van der Waals surface area (Å²) in [5.41, 5.74) is 0.266. The predicted molar refractivity (Wildman–Crippen MR) is 68.0 cm³/mol. The zero-order chi connectivity index (χ0) is 13.4. The summed E-state index contributed by atoms with van der Waals surface area (Å²) in [5, 5.41) is 0. The summed E-state index contributed by atoms with van der Waals surface area (Å²) in [6.45, 7) is 7.10. The minimum Gasteiger partial charge on any atom is -0.306 e. The highest BCUT2D eigenvalue weighted by Crippen LogP contribution is 2.61. The van der Waals surface area contributed by atoms with Gasteiger partial charge in [0.15, 0.2) is 0 Å². The summed E-state index contributed by atoms with van der Waals surface area (Å²) in [6.07, 6.45) is 2.97. The molecule has 0 aliphatic carbocycles. The summed E-state index contributed by atoms with van der Waals surface area (Å²) in [5.74, 6) is -0.00430. The van der Waals surface area contributed by atoms with Gasteiger partial charge in [-0.25, -0.2) is 0 Å². The van der Waals surface area contributed by atoms with Gasteiger partial charge in [-0.15, -0.1) is 0 Å². The average Bonchev–Trinajstić information content (AvgIpc) is 2.71. The van der Waals surface area contributed by atoms with Gasteiger partial charge in [0.05, 0.1) is 13.2 Å². The van der Waals surface area contributed by atoms with Crippen LogP contribution in [0, 0.1) is 5.41 Å². The molecule has 0 aromatic carbocycles. The quantitative estimate of drug-likeness (QED) is 0.726. The van der Waals surface area contributed by atoms with Crippen molar-refractivity contribution in [3.63, 3.8) is 0 Å². The molecule has 0 N–H and O–H groups in total. The van der Waals surface area contributed by atoms with Gasteiger partial charge in [0.25, 0.3) is 0 Å². The highest BCUT2D eigenvalue weighted by atomic mass is 31.2. The molecule has 0 saturated carbocycles. The molecule has 0 aromatic heterocycles. The van der Waals surface area contributed by atoms with Crippen LogP contribution in [0.3, 0.4) is 0 Å². The van der Waals surface area contributed by atoms with Gasteiger partial charge in [-0.1, -0.05) is 19.9 Å². The zero-order valence-electron chi connectivity index (χ0n) is 11.1. The van der Waals surface area contributed by atoms with Gasteiger partial charge in [-0.2, -0.15) is 0 Å². The van der Waals surface area contributed by atoms with Gasteiger partial charge >= 0.3 is 7.60 Å². The van der Waals surface area contributed by atoms with Crippen LogP contribution in [0.5, 0.6) is 0 Å². The first kappa shape index (κ1) is 13.8. The normalized spacial score (nSPS) is 27.6. The fourth-order valence-electron chi connectivity index (χ4n) is 2.08. The molecular weight excluding hydrogens is 253 g/mol. The Labute approximate surface area is 108 Å². The van der Waals surface area contributed by atoms with E-state index in [1.165, 1.54) is 0 Å². The predicted octanol–water partition coefficient (Wildman–Crippen LogP) is 2.74. The van der Waals surface area contributed by atoms with Crippen molar-refractivity contribution in [3.05, 3.63) is 11.5 Å². The van der Waals surface area contributed by atoms with Crippen molar-refractivity contribution in [2.75, 3.05) is 19.8 Å². The number of allylic oxidation sites excluding steroid dienone is 1. The Hall–Kier alpha value is -0.640. The highest BCUT2D eigenvalue weighted by molar-refractivity contribution is 7.58. The van der Waals surface area contributed by atoms with Gasteiger partial charge in [0, 0.05) is 18.4 Å². The van der Waals surface area contributed by atoms with E-state index in [1.807, 2.05) is 13.8 Å². The number of carbonyl (C=O) groups excluding carboxylic acids is 1. The SMILES string of the molecule is C/C=C(/N1CCCC1=O)P1(=O)OCC(C)(C)CO1. The molecule has 1 amide bonds. The van der Waals surface area contributed by atoms with E-state index in [-0.39, 0.29) is 11.3 Å². The fourth-order valence-corrected chi connectivity index (χ4v) is 4.28. The van der Waals surface area contributed by atoms with E-state index in [1.54, 1.807) is 17.9 Å². The molecule has 6 heteroatoms. The third-order valence-electron chi connectivity index (χ3n) is 3.14. The molecule has 5 nitrogen and oxygen atoms in total. The molecule has 102 valence electrons. The van der Waals surface area contributed by atoms with Crippen LogP contribution >= 0.6 is 7.60 Å². The third-order valence-corrected chi connectivity index (χ3v) is 5.14. The minimum absolute atomic E-state index is 0.00430. The lowest BCUT2D eigenvalue weighted by Crippen LogP contribution is -2.33. The van der Waals surface area contributed by atoms with Crippen LogP contribution in [0.2, 0.25) is 0 Å². The molecule has 0 unspecified atom stereocenters. The van der Waals surface area contributed by atoms with E-state index in [9.17, 15) is 9.36 Å². The molecular formula is C12H20NO4P. The van der Waals surface area contributed by atoms with Gasteiger partial charge in [-0.3, -0.25) is 9.36 Å². The molecule has 2 aliphatic rings. The van der Waals surface area contributed by atoms with Crippen molar-refractivity contribution in [3.8, 4) is 0 Å². The van der Waals surface area contributed by atoms with E-state index in [0.29, 0.717) is 31.6 Å². The van der Waals surface area contributed by atoms with Crippen LogP contribution in [0.15, 0.2) is 11.5 Å².